The Kier molecular flexibility index (Phi) is 1.22. The summed E-state index contributed by atoms with van der Waals surface area (Å²) in [4.78, 5) is 22.7. The van der Waals surface area contributed by atoms with Gasteiger partial charge in [-0.3, -0.25) is 14.3 Å². The number of hydrogen-bond donors (Lipinski definition) is 1. The van der Waals surface area contributed by atoms with Gasteiger partial charge in [-0.05, 0) is 0 Å². The Balaban J connectivity index is 3.52. The van der Waals surface area contributed by atoms with Gasteiger partial charge in [-0.1, -0.05) is 0 Å². The van der Waals surface area contributed by atoms with E-state index in [1.807, 2.05) is 4.98 Å². The minimum Gasteiger partial charge on any atom is -0.293 e. The number of hydrogen-bond acceptors (Lipinski definition) is 2. The lowest BCUT2D eigenvalue weighted by molar-refractivity contribution is 0.894. The second-order valence-corrected chi connectivity index (χ2v) is 1.52. The van der Waals surface area contributed by atoms with E-state index in [1.165, 1.54) is 12.3 Å². The summed E-state index contributed by atoms with van der Waals surface area (Å²) in [5, 5.41) is 0. The Labute approximate surface area is 50.8 Å². The van der Waals surface area contributed by atoms with Crippen molar-refractivity contribution in [1.82, 2.24) is 9.55 Å². The molecule has 0 aliphatic carbocycles. The second-order valence-electron chi connectivity index (χ2n) is 1.52. The molecule has 0 bridgehead atoms. The van der Waals surface area contributed by atoms with E-state index in [-0.39, 0.29) is 0 Å². The molecule has 2 radical (unpaired) electrons. The number of nitrogens with one attached hydrogen (secondary N) is 1. The molecule has 1 N–H and O–H groups in total. The van der Waals surface area contributed by atoms with Crippen LogP contribution in [0, 0.1) is 7.05 Å². The molecule has 0 saturated carbocycles. The van der Waals surface area contributed by atoms with Crippen LogP contribution in [0.25, 0.3) is 0 Å². The maximum absolute atomic E-state index is 10.4. The van der Waals surface area contributed by atoms with Gasteiger partial charge in [-0.25, -0.2) is 4.79 Å². The first kappa shape index (κ1) is 5.81. The van der Waals surface area contributed by atoms with Crippen LogP contribution in [-0.4, -0.2) is 9.55 Å². The zero-order valence-electron chi connectivity index (χ0n) is 4.50. The minimum atomic E-state index is -0.609. The van der Waals surface area contributed by atoms with Crippen molar-refractivity contribution >= 4 is 0 Å². The summed E-state index contributed by atoms with van der Waals surface area (Å²) in [5.41, 5.74) is -1.05. The van der Waals surface area contributed by atoms with Crippen LogP contribution in [0.5, 0.6) is 0 Å². The summed E-state index contributed by atoms with van der Waals surface area (Å²) >= 11 is 0. The quantitative estimate of drug-likeness (QED) is 0.485. The number of H-pyrrole nitrogens is 1. The summed E-state index contributed by atoms with van der Waals surface area (Å²) in [7, 11) is 5.02. The first-order valence-corrected chi connectivity index (χ1v) is 2.27. The lowest BCUT2D eigenvalue weighted by Gasteiger charge is -1.88. The van der Waals surface area contributed by atoms with E-state index < -0.39 is 11.2 Å². The average Bonchev–Trinajstić information content (AvgIpc) is 1.80. The van der Waals surface area contributed by atoms with Crippen molar-refractivity contribution < 1.29 is 0 Å². The molecule has 9 heavy (non-hydrogen) atoms. The molecular formula is C5H4N2O2. The fourth-order valence-electron chi connectivity index (χ4n) is 0.427. The normalized spacial score (nSPS) is 9.44. The molecule has 0 spiro atoms. The summed E-state index contributed by atoms with van der Waals surface area (Å²) < 4.78 is 0.793. The van der Waals surface area contributed by atoms with Gasteiger partial charge in [-0.2, -0.15) is 0 Å². The number of aromatic amines is 1. The molecule has 0 aromatic carbocycles. The molecule has 4 heteroatoms. The molecule has 0 aliphatic heterocycles. The molecule has 0 amide bonds. The van der Waals surface area contributed by atoms with Crippen molar-refractivity contribution in [2.45, 2.75) is 0 Å². The van der Waals surface area contributed by atoms with Crippen molar-refractivity contribution in [2.75, 3.05) is 0 Å². The van der Waals surface area contributed by atoms with Crippen LogP contribution in [0.3, 0.4) is 0 Å². The average molecular weight is 124 g/mol. The van der Waals surface area contributed by atoms with Crippen molar-refractivity contribution in [3.05, 3.63) is 40.1 Å². The van der Waals surface area contributed by atoms with Gasteiger partial charge in [0, 0.05) is 12.3 Å². The molecule has 1 aromatic heterocycles. The van der Waals surface area contributed by atoms with Crippen molar-refractivity contribution in [3.8, 4) is 0 Å². The van der Waals surface area contributed by atoms with Crippen LogP contribution in [0.4, 0.5) is 0 Å². The Hall–Kier alpha value is -1.32. The van der Waals surface area contributed by atoms with Gasteiger partial charge in [0.15, 0.2) is 0 Å². The van der Waals surface area contributed by atoms with Gasteiger partial charge < -0.3 is 0 Å². The molecule has 1 rings (SSSR count). The lowest BCUT2D eigenvalue weighted by atomic mass is 10.6. The molecule has 0 unspecified atom stereocenters. The zero-order valence-corrected chi connectivity index (χ0v) is 4.50. The largest absolute Gasteiger partial charge is 0.328 e. The molecule has 0 fully saturated rings. The van der Waals surface area contributed by atoms with Crippen LogP contribution in [0.2, 0.25) is 0 Å². The summed E-state index contributed by atoms with van der Waals surface area (Å²) in [5.74, 6) is 0. The van der Waals surface area contributed by atoms with E-state index in [2.05, 4.69) is 0 Å². The third kappa shape index (κ3) is 1.07. The van der Waals surface area contributed by atoms with E-state index in [0.717, 1.165) is 4.57 Å². The van der Waals surface area contributed by atoms with Crippen LogP contribution in [0.1, 0.15) is 0 Å². The molecule has 4 nitrogen and oxygen atoms in total. The van der Waals surface area contributed by atoms with Gasteiger partial charge in [-0.15, -0.1) is 0 Å². The maximum atomic E-state index is 10.4. The van der Waals surface area contributed by atoms with E-state index in [4.69, 9.17) is 7.05 Å². The molecular weight excluding hydrogens is 120 g/mol. The predicted octanol–water partition coefficient (Wildman–Crippen LogP) is -0.947. The van der Waals surface area contributed by atoms with Crippen molar-refractivity contribution in [3.63, 3.8) is 0 Å². The fourth-order valence-corrected chi connectivity index (χ4v) is 0.427. The third-order valence-electron chi connectivity index (χ3n) is 0.851. The highest BCUT2D eigenvalue weighted by Crippen LogP contribution is 1.63. The molecule has 0 saturated heterocycles. The Bertz CT molecular complexity index is 309. The topological polar surface area (TPSA) is 54.9 Å². The number of aromatic nitrogens is 2. The van der Waals surface area contributed by atoms with Crippen molar-refractivity contribution in [2.24, 2.45) is 0 Å². The first-order valence-electron chi connectivity index (χ1n) is 2.27. The van der Waals surface area contributed by atoms with Crippen LogP contribution < -0.4 is 11.2 Å². The highest BCUT2D eigenvalue weighted by Gasteiger charge is 1.86. The maximum Gasteiger partial charge on any atom is 0.328 e. The van der Waals surface area contributed by atoms with Crippen molar-refractivity contribution in [1.29, 1.82) is 0 Å². The first-order chi connectivity index (χ1) is 4.20. The van der Waals surface area contributed by atoms with Gasteiger partial charge in [0.1, 0.15) is 0 Å². The monoisotopic (exact) mass is 124 g/mol. The van der Waals surface area contributed by atoms with E-state index in [1.54, 1.807) is 0 Å². The van der Waals surface area contributed by atoms with Gasteiger partial charge in [0.05, 0.1) is 7.05 Å². The van der Waals surface area contributed by atoms with Gasteiger partial charge >= 0.3 is 5.69 Å². The molecule has 1 aromatic rings. The summed E-state index contributed by atoms with van der Waals surface area (Å²) in [6.45, 7) is 0. The smallest absolute Gasteiger partial charge is 0.293 e. The Morgan fingerprint density at radius 3 is 2.67 bits per heavy atom. The second kappa shape index (κ2) is 1.89. The predicted molar refractivity (Wildman–Crippen MR) is 31.0 cm³/mol. The number of nitrogens with zero attached hydrogens (tertiary/aromatic N) is 1. The Morgan fingerprint density at radius 1 is 1.56 bits per heavy atom. The van der Waals surface area contributed by atoms with E-state index in [0.29, 0.717) is 0 Å². The summed E-state index contributed by atoms with van der Waals surface area (Å²) in [6, 6.07) is 1.17. The zero-order chi connectivity index (χ0) is 6.85. The SMILES string of the molecule is [CH]n1ccc(=O)[nH]c1=O. The molecule has 1 heterocycles. The lowest BCUT2D eigenvalue weighted by Crippen LogP contribution is -2.25. The summed E-state index contributed by atoms with van der Waals surface area (Å²) in [6.07, 6.45) is 1.20. The van der Waals surface area contributed by atoms with Crippen LogP contribution >= 0.6 is 0 Å². The van der Waals surface area contributed by atoms with Crippen LogP contribution in [-0.2, 0) is 0 Å². The standard InChI is InChI=1S/C5H4N2O2/c1-7-3-2-4(8)6-5(7)9/h1-3H,(H,6,8,9). The van der Waals surface area contributed by atoms with Gasteiger partial charge in [0.25, 0.3) is 5.56 Å². The highest BCUT2D eigenvalue weighted by atomic mass is 16.2. The molecule has 46 valence electrons. The number of rotatable bonds is 0. The Morgan fingerprint density at radius 2 is 2.22 bits per heavy atom. The van der Waals surface area contributed by atoms with E-state index in [9.17, 15) is 9.59 Å². The van der Waals surface area contributed by atoms with E-state index >= 15 is 0 Å². The minimum absolute atomic E-state index is 0.443. The molecule has 0 aliphatic rings. The van der Waals surface area contributed by atoms with Gasteiger partial charge in [0.2, 0.25) is 0 Å². The van der Waals surface area contributed by atoms with Crippen LogP contribution in [0.15, 0.2) is 21.9 Å². The third-order valence-corrected chi connectivity index (χ3v) is 0.851. The highest BCUT2D eigenvalue weighted by molar-refractivity contribution is 4.82. The molecule has 0 atom stereocenters. The fraction of sp³-hybridized carbons (Fsp3) is 0.